The van der Waals surface area contributed by atoms with E-state index < -0.39 is 0 Å². The fourth-order valence-corrected chi connectivity index (χ4v) is 10.0. The first-order valence-electron chi connectivity index (χ1n) is 22.4. The molecule has 4 heterocycles. The van der Waals surface area contributed by atoms with Gasteiger partial charge in [0.25, 0.3) is 0 Å². The highest BCUT2D eigenvalue weighted by atomic mass is 15.1. The molecule has 0 unspecified atom stereocenters. The molecule has 314 valence electrons. The summed E-state index contributed by atoms with van der Waals surface area (Å²) in [6.07, 6.45) is 2.70. The van der Waals surface area contributed by atoms with Crippen LogP contribution in [-0.2, 0) is 6.42 Å². The number of rotatable bonds is 9. The summed E-state index contributed by atoms with van der Waals surface area (Å²) in [4.78, 5) is 16.4. The first-order valence-corrected chi connectivity index (χ1v) is 22.4. The maximum absolute atomic E-state index is 5.60. The third-order valence-electron chi connectivity index (χ3n) is 13.0. The number of fused-ring (bicyclic) bond motifs is 9. The van der Waals surface area contributed by atoms with Crippen LogP contribution < -0.4 is 0 Å². The Morgan fingerprint density at radius 3 is 1.45 bits per heavy atom. The van der Waals surface area contributed by atoms with Crippen molar-refractivity contribution in [3.05, 3.63) is 235 Å². The Labute approximate surface area is 382 Å². The second-order valence-corrected chi connectivity index (χ2v) is 17.0. The molecule has 66 heavy (non-hydrogen) atoms. The molecule has 0 aliphatic heterocycles. The van der Waals surface area contributed by atoms with Gasteiger partial charge in [0.2, 0.25) is 0 Å². The summed E-state index contributed by atoms with van der Waals surface area (Å²) in [5, 5.41) is 6.98. The molecule has 0 saturated heterocycles. The number of aryl methyl sites for hydroxylation is 1. The van der Waals surface area contributed by atoms with Crippen LogP contribution in [0.1, 0.15) is 29.6 Å². The Morgan fingerprint density at radius 1 is 0.500 bits per heavy atom. The van der Waals surface area contributed by atoms with E-state index in [4.69, 9.17) is 21.5 Å². The molecule has 6 heteroatoms. The Kier molecular flexibility index (Phi) is 9.39. The number of benzene rings is 8. The molecule has 6 nitrogen and oxygen atoms in total. The van der Waals surface area contributed by atoms with E-state index in [1.807, 2.05) is 6.92 Å². The van der Waals surface area contributed by atoms with Crippen molar-refractivity contribution in [2.24, 2.45) is 4.99 Å². The summed E-state index contributed by atoms with van der Waals surface area (Å²) < 4.78 is 6.77. The molecule has 0 amide bonds. The van der Waals surface area contributed by atoms with Crippen molar-refractivity contribution < 1.29 is 0 Å². The predicted molar refractivity (Wildman–Crippen MR) is 276 cm³/mol. The first-order chi connectivity index (χ1) is 32.5. The Hall–Kier alpha value is -8.61. The van der Waals surface area contributed by atoms with Crippen LogP contribution in [0.4, 0.5) is 0 Å². The third kappa shape index (κ3) is 6.45. The van der Waals surface area contributed by atoms with Crippen molar-refractivity contribution in [2.75, 3.05) is 0 Å². The van der Waals surface area contributed by atoms with Crippen molar-refractivity contribution in [1.82, 2.24) is 23.7 Å². The maximum atomic E-state index is 5.60. The molecule has 0 aliphatic carbocycles. The van der Waals surface area contributed by atoms with Gasteiger partial charge in [0.1, 0.15) is 11.6 Å². The van der Waals surface area contributed by atoms with Gasteiger partial charge in [-0.2, -0.15) is 0 Å². The van der Waals surface area contributed by atoms with E-state index in [1.54, 1.807) is 0 Å². The number of aliphatic imine (C=N–C) groups is 1. The van der Waals surface area contributed by atoms with Gasteiger partial charge in [0.15, 0.2) is 5.82 Å². The second kappa shape index (κ2) is 15.9. The summed E-state index contributed by atoms with van der Waals surface area (Å²) in [7, 11) is 0. The zero-order valence-electron chi connectivity index (χ0n) is 36.7. The van der Waals surface area contributed by atoms with Gasteiger partial charge in [0.05, 0.1) is 44.5 Å². The van der Waals surface area contributed by atoms with E-state index >= 15 is 0 Å². The van der Waals surface area contributed by atoms with E-state index in [9.17, 15) is 0 Å². The molecule has 0 fully saturated rings. The zero-order chi connectivity index (χ0) is 44.3. The topological polar surface area (TPSA) is 52.9 Å². The molecule has 8 aromatic carbocycles. The van der Waals surface area contributed by atoms with Gasteiger partial charge in [-0.3, -0.25) is 9.13 Å². The van der Waals surface area contributed by atoms with E-state index in [2.05, 4.69) is 227 Å². The van der Waals surface area contributed by atoms with E-state index in [1.165, 1.54) is 43.8 Å². The average Bonchev–Trinajstić information content (AvgIpc) is 4.00. The minimum atomic E-state index is 0.548. The monoisotopic (exact) mass is 848 g/mol. The molecular weight excluding hydrogens is 805 g/mol. The molecule has 4 aromatic heterocycles. The second-order valence-electron chi connectivity index (χ2n) is 17.0. The normalized spacial score (nSPS) is 12.4. The third-order valence-corrected chi connectivity index (χ3v) is 13.0. The van der Waals surface area contributed by atoms with Crippen molar-refractivity contribution in [2.45, 2.75) is 20.3 Å². The molecule has 0 radical (unpaired) electrons. The van der Waals surface area contributed by atoms with Gasteiger partial charge in [-0.15, -0.1) is 0 Å². The summed E-state index contributed by atoms with van der Waals surface area (Å²) in [6, 6.07) is 70.7. The van der Waals surface area contributed by atoms with Crippen LogP contribution in [0.5, 0.6) is 0 Å². The van der Waals surface area contributed by atoms with Crippen LogP contribution in [0, 0.1) is 6.92 Å². The fraction of sp³-hybridized carbons (Fsp3) is 0.0500. The fourth-order valence-electron chi connectivity index (χ4n) is 10.0. The Balaban J connectivity index is 1.10. The largest absolute Gasteiger partial charge is 0.310 e. The first kappa shape index (κ1) is 39.0. The maximum Gasteiger partial charge on any atom is 0.176 e. The molecule has 0 spiro atoms. The number of hydrogen-bond donors (Lipinski definition) is 0. The van der Waals surface area contributed by atoms with E-state index in [0.29, 0.717) is 23.8 Å². The van der Waals surface area contributed by atoms with Crippen LogP contribution in [-0.4, -0.2) is 29.4 Å². The minimum absolute atomic E-state index is 0.548. The average molecular weight is 849 g/mol. The van der Waals surface area contributed by atoms with Crippen molar-refractivity contribution in [3.63, 3.8) is 0 Å². The van der Waals surface area contributed by atoms with Crippen LogP contribution >= 0.6 is 0 Å². The molecule has 12 rings (SSSR count). The summed E-state index contributed by atoms with van der Waals surface area (Å²) in [5.41, 5.74) is 13.6. The minimum Gasteiger partial charge on any atom is -0.310 e. The van der Waals surface area contributed by atoms with Crippen molar-refractivity contribution >= 4 is 82.6 Å². The van der Waals surface area contributed by atoms with Gasteiger partial charge in [0, 0.05) is 56.6 Å². The molecule has 12 aromatic rings. The van der Waals surface area contributed by atoms with Gasteiger partial charge >= 0.3 is 0 Å². The quantitative estimate of drug-likeness (QED) is 0.107. The van der Waals surface area contributed by atoms with Crippen LogP contribution in [0.3, 0.4) is 0 Å². The highest BCUT2D eigenvalue weighted by molar-refractivity contribution is 6.13. The SMILES string of the molecule is C=C(/C=C(\N=C(/C)c1nc(Cc2ccccc2-c2ccccc2C)cc(-n2c3ccccc3c3ccccc32)n1)n1c2ccccc2c2ccccc21)n1c2ccccc2c2ccccc21. The van der Waals surface area contributed by atoms with Gasteiger partial charge in [-0.25, -0.2) is 15.0 Å². The molecule has 0 aliphatic rings. The highest BCUT2D eigenvalue weighted by Gasteiger charge is 2.20. The number of allylic oxidation sites excluding steroid dienone is 2. The van der Waals surface area contributed by atoms with Gasteiger partial charge in [-0.1, -0.05) is 164 Å². The van der Waals surface area contributed by atoms with Crippen LogP contribution in [0.2, 0.25) is 0 Å². The van der Waals surface area contributed by atoms with E-state index in [-0.39, 0.29) is 0 Å². The Bertz CT molecular complexity index is 3810. The molecule has 0 atom stereocenters. The zero-order valence-corrected chi connectivity index (χ0v) is 36.7. The molecule has 0 bridgehead atoms. The number of aromatic nitrogens is 5. The predicted octanol–water partition coefficient (Wildman–Crippen LogP) is 14.8. The number of nitrogens with zero attached hydrogens (tertiary/aromatic N) is 6. The van der Waals surface area contributed by atoms with Crippen LogP contribution in [0.25, 0.3) is 93.9 Å². The number of hydrogen-bond acceptors (Lipinski definition) is 3. The smallest absolute Gasteiger partial charge is 0.176 e. The standard InChI is InChI=1S/C60H44N6/c1-39-20-4-6-22-44(39)45-23-7-5-21-42(45)37-43-38-59(66-56-34-18-12-28-50(56)51-29-13-19-35-57(51)66)63-60(62-43)41(3)61-58(65-54-32-16-10-26-48(54)49-27-11-17-33-55(49)65)36-40(2)64-52-30-14-8-24-46(52)47-25-9-15-31-53(47)64/h4-36,38H,2,37H2,1,3H3/b58-36+,61-41+. The summed E-state index contributed by atoms with van der Waals surface area (Å²) >= 11 is 0. The summed E-state index contributed by atoms with van der Waals surface area (Å²) in [6.45, 7) is 8.97. The Morgan fingerprint density at radius 2 is 0.924 bits per heavy atom. The van der Waals surface area contributed by atoms with Crippen LogP contribution in [0.15, 0.2) is 218 Å². The summed E-state index contributed by atoms with van der Waals surface area (Å²) in [5.74, 6) is 2.04. The lowest BCUT2D eigenvalue weighted by Crippen LogP contribution is -2.11. The lowest BCUT2D eigenvalue weighted by molar-refractivity contribution is 0.961. The molecular formula is C60H44N6. The van der Waals surface area contributed by atoms with Crippen molar-refractivity contribution in [3.8, 4) is 16.9 Å². The molecule has 0 saturated carbocycles. The van der Waals surface area contributed by atoms with Gasteiger partial charge in [-0.05, 0) is 72.5 Å². The number of para-hydroxylation sites is 6. The molecule has 0 N–H and O–H groups in total. The lowest BCUT2D eigenvalue weighted by Gasteiger charge is -2.15. The van der Waals surface area contributed by atoms with Crippen molar-refractivity contribution in [1.29, 1.82) is 0 Å². The van der Waals surface area contributed by atoms with E-state index in [0.717, 1.165) is 61.1 Å². The highest BCUT2D eigenvalue weighted by Crippen LogP contribution is 2.37. The lowest BCUT2D eigenvalue weighted by atomic mass is 9.94. The van der Waals surface area contributed by atoms with Gasteiger partial charge < -0.3 is 4.57 Å².